The van der Waals surface area contributed by atoms with Gasteiger partial charge >= 0.3 is 0 Å². The van der Waals surface area contributed by atoms with E-state index in [0.717, 1.165) is 23.4 Å². The van der Waals surface area contributed by atoms with E-state index in [1.165, 1.54) is 11.3 Å². The van der Waals surface area contributed by atoms with Crippen LogP contribution in [-0.2, 0) is 10.0 Å². The molecule has 1 aliphatic rings. The molecule has 1 saturated heterocycles. The Bertz CT molecular complexity index is 678. The van der Waals surface area contributed by atoms with E-state index < -0.39 is 10.0 Å². The Balaban J connectivity index is 1.96. The molecule has 0 saturated carbocycles. The molecule has 1 fully saturated rings. The summed E-state index contributed by atoms with van der Waals surface area (Å²) in [5.41, 5.74) is 1.06. The lowest BCUT2D eigenvalue weighted by molar-refractivity contribution is 0.395. The lowest BCUT2D eigenvalue weighted by Crippen LogP contribution is -2.30. The van der Waals surface area contributed by atoms with Crippen molar-refractivity contribution in [3.63, 3.8) is 0 Å². The summed E-state index contributed by atoms with van der Waals surface area (Å²) in [6, 6.07) is 6.92. The van der Waals surface area contributed by atoms with E-state index in [4.69, 9.17) is 0 Å². The third kappa shape index (κ3) is 2.39. The van der Waals surface area contributed by atoms with E-state index in [1.54, 1.807) is 22.6 Å². The van der Waals surface area contributed by atoms with E-state index >= 15 is 0 Å². The maximum absolute atomic E-state index is 12.8. The third-order valence-electron chi connectivity index (χ3n) is 3.57. The molecule has 0 radical (unpaired) electrons. The molecule has 1 atom stereocenters. The lowest BCUT2D eigenvalue weighted by atomic mass is 10.2. The second-order valence-electron chi connectivity index (χ2n) is 4.96. The van der Waals surface area contributed by atoms with Gasteiger partial charge in [-0.2, -0.15) is 4.31 Å². The van der Waals surface area contributed by atoms with Gasteiger partial charge < -0.3 is 0 Å². The van der Waals surface area contributed by atoms with Gasteiger partial charge in [-0.05, 0) is 31.9 Å². The first kappa shape index (κ1) is 13.7. The van der Waals surface area contributed by atoms with Crippen molar-refractivity contribution in [1.82, 2.24) is 9.29 Å². The molecular formula is C14H16N2O2S2. The standard InChI is InChI=1S/C14H16N2O2S2/c1-11-4-6-12(7-5-11)20(17,18)16-9-2-3-13(16)14-15-8-10-19-14/h4-8,10,13H,2-3,9H2,1H3. The van der Waals surface area contributed by atoms with Crippen molar-refractivity contribution in [1.29, 1.82) is 0 Å². The first-order chi connectivity index (χ1) is 9.59. The summed E-state index contributed by atoms with van der Waals surface area (Å²) < 4.78 is 27.1. The van der Waals surface area contributed by atoms with Crippen molar-refractivity contribution < 1.29 is 8.42 Å². The summed E-state index contributed by atoms with van der Waals surface area (Å²) in [5.74, 6) is 0. The first-order valence-electron chi connectivity index (χ1n) is 6.57. The maximum atomic E-state index is 12.8. The molecule has 20 heavy (non-hydrogen) atoms. The largest absolute Gasteiger partial charge is 0.248 e. The SMILES string of the molecule is Cc1ccc(S(=O)(=O)N2CCCC2c2nccs2)cc1. The van der Waals surface area contributed by atoms with E-state index in [0.29, 0.717) is 11.4 Å². The molecule has 0 spiro atoms. The number of hydrogen-bond donors (Lipinski definition) is 0. The van der Waals surface area contributed by atoms with Gasteiger partial charge in [0.2, 0.25) is 10.0 Å². The van der Waals surface area contributed by atoms with Crippen LogP contribution in [0.3, 0.4) is 0 Å². The van der Waals surface area contributed by atoms with Gasteiger partial charge in [-0.25, -0.2) is 13.4 Å². The van der Waals surface area contributed by atoms with Gasteiger partial charge in [0.1, 0.15) is 5.01 Å². The molecule has 1 aromatic carbocycles. The molecule has 0 amide bonds. The van der Waals surface area contributed by atoms with Gasteiger partial charge in [0.15, 0.2) is 0 Å². The molecular weight excluding hydrogens is 292 g/mol. The lowest BCUT2D eigenvalue weighted by Gasteiger charge is -2.22. The van der Waals surface area contributed by atoms with E-state index in [-0.39, 0.29) is 6.04 Å². The minimum Gasteiger partial charge on any atom is -0.248 e. The fourth-order valence-corrected chi connectivity index (χ4v) is 5.03. The summed E-state index contributed by atoms with van der Waals surface area (Å²) in [6.07, 6.45) is 3.46. The van der Waals surface area contributed by atoms with Gasteiger partial charge in [-0.3, -0.25) is 0 Å². The van der Waals surface area contributed by atoms with Crippen LogP contribution in [0.25, 0.3) is 0 Å². The van der Waals surface area contributed by atoms with Crippen LogP contribution in [0.5, 0.6) is 0 Å². The highest BCUT2D eigenvalue weighted by atomic mass is 32.2. The summed E-state index contributed by atoms with van der Waals surface area (Å²) in [5, 5.41) is 2.78. The average molecular weight is 308 g/mol. The number of sulfonamides is 1. The summed E-state index contributed by atoms with van der Waals surface area (Å²) in [4.78, 5) is 4.65. The normalized spacial score (nSPS) is 20.4. The Morgan fingerprint density at radius 2 is 2.05 bits per heavy atom. The van der Waals surface area contributed by atoms with Gasteiger partial charge in [0.25, 0.3) is 0 Å². The maximum Gasteiger partial charge on any atom is 0.243 e. The van der Waals surface area contributed by atoms with Crippen LogP contribution in [0, 0.1) is 6.92 Å². The number of nitrogens with zero attached hydrogens (tertiary/aromatic N) is 2. The van der Waals surface area contributed by atoms with E-state index in [2.05, 4.69) is 4.98 Å². The number of hydrogen-bond acceptors (Lipinski definition) is 4. The highest BCUT2D eigenvalue weighted by molar-refractivity contribution is 7.89. The van der Waals surface area contributed by atoms with Crippen LogP contribution in [0.15, 0.2) is 40.7 Å². The Hall–Kier alpha value is -1.24. The van der Waals surface area contributed by atoms with E-state index in [1.807, 2.05) is 24.4 Å². The fraction of sp³-hybridized carbons (Fsp3) is 0.357. The molecule has 1 aliphatic heterocycles. The van der Waals surface area contributed by atoms with Crippen molar-refractivity contribution >= 4 is 21.4 Å². The second-order valence-corrected chi connectivity index (χ2v) is 7.77. The van der Waals surface area contributed by atoms with Crippen molar-refractivity contribution in [2.75, 3.05) is 6.54 Å². The Kier molecular flexibility index (Phi) is 3.62. The number of aryl methyl sites for hydroxylation is 1. The predicted molar refractivity (Wildman–Crippen MR) is 79.2 cm³/mol. The molecule has 0 N–H and O–H groups in total. The van der Waals surface area contributed by atoms with Crippen molar-refractivity contribution in [2.24, 2.45) is 0 Å². The van der Waals surface area contributed by atoms with Crippen molar-refractivity contribution in [3.8, 4) is 0 Å². The summed E-state index contributed by atoms with van der Waals surface area (Å²) >= 11 is 1.52. The third-order valence-corrected chi connectivity index (χ3v) is 6.37. The van der Waals surface area contributed by atoms with Crippen LogP contribution < -0.4 is 0 Å². The van der Waals surface area contributed by atoms with Crippen LogP contribution in [0.2, 0.25) is 0 Å². The monoisotopic (exact) mass is 308 g/mol. The number of thiazole rings is 1. The number of aromatic nitrogens is 1. The molecule has 2 heterocycles. The van der Waals surface area contributed by atoms with Gasteiger partial charge in [-0.1, -0.05) is 17.7 Å². The molecule has 1 aromatic heterocycles. The summed E-state index contributed by atoms with van der Waals surface area (Å²) in [7, 11) is -3.43. The summed E-state index contributed by atoms with van der Waals surface area (Å²) in [6.45, 7) is 2.52. The quantitative estimate of drug-likeness (QED) is 0.876. The van der Waals surface area contributed by atoms with Gasteiger partial charge in [0, 0.05) is 18.1 Å². The Morgan fingerprint density at radius 3 is 2.70 bits per heavy atom. The molecule has 106 valence electrons. The predicted octanol–water partition coefficient (Wildman–Crippen LogP) is 2.98. The highest BCUT2D eigenvalue weighted by Gasteiger charge is 2.37. The number of rotatable bonds is 3. The van der Waals surface area contributed by atoms with Crippen LogP contribution in [0.1, 0.15) is 29.5 Å². The van der Waals surface area contributed by atoms with Crippen LogP contribution >= 0.6 is 11.3 Å². The molecule has 6 heteroatoms. The topological polar surface area (TPSA) is 50.3 Å². The zero-order valence-electron chi connectivity index (χ0n) is 11.2. The van der Waals surface area contributed by atoms with E-state index in [9.17, 15) is 8.42 Å². The van der Waals surface area contributed by atoms with Gasteiger partial charge in [0.05, 0.1) is 10.9 Å². The zero-order valence-corrected chi connectivity index (χ0v) is 12.8. The van der Waals surface area contributed by atoms with Crippen molar-refractivity contribution in [2.45, 2.75) is 30.7 Å². The Morgan fingerprint density at radius 1 is 1.30 bits per heavy atom. The minimum atomic E-state index is -3.43. The van der Waals surface area contributed by atoms with Crippen LogP contribution in [-0.4, -0.2) is 24.3 Å². The molecule has 0 bridgehead atoms. The Labute approximate surface area is 123 Å². The highest BCUT2D eigenvalue weighted by Crippen LogP contribution is 2.37. The molecule has 2 aromatic rings. The fourth-order valence-electron chi connectivity index (χ4n) is 2.52. The smallest absolute Gasteiger partial charge is 0.243 e. The van der Waals surface area contributed by atoms with Crippen molar-refractivity contribution in [3.05, 3.63) is 46.4 Å². The molecule has 4 nitrogen and oxygen atoms in total. The molecule has 1 unspecified atom stereocenters. The number of benzene rings is 1. The molecule has 0 aliphatic carbocycles. The van der Waals surface area contributed by atoms with Crippen LogP contribution in [0.4, 0.5) is 0 Å². The second kappa shape index (κ2) is 5.27. The first-order valence-corrected chi connectivity index (χ1v) is 8.89. The van der Waals surface area contributed by atoms with Gasteiger partial charge in [-0.15, -0.1) is 11.3 Å². The molecule has 3 rings (SSSR count). The average Bonchev–Trinajstić information content (AvgIpc) is 3.10. The zero-order chi connectivity index (χ0) is 14.2. The minimum absolute atomic E-state index is 0.110.